The lowest BCUT2D eigenvalue weighted by atomic mass is 9.99. The predicted octanol–water partition coefficient (Wildman–Crippen LogP) is 4.92. The largest absolute Gasteiger partial charge is 0.514 e. The molecule has 45 heavy (non-hydrogen) atoms. The Morgan fingerprint density at radius 2 is 1.60 bits per heavy atom. The number of carbonyl (C=O) groups is 5. The van der Waals surface area contributed by atoms with Crippen LogP contribution in [0.1, 0.15) is 48.1 Å². The normalized spacial score (nSPS) is 16.4. The number of nitrogens with one attached hydrogen (secondary N) is 1. The van der Waals surface area contributed by atoms with Gasteiger partial charge in [0.2, 0.25) is 11.8 Å². The van der Waals surface area contributed by atoms with Crippen LogP contribution in [0.2, 0.25) is 0 Å². The summed E-state index contributed by atoms with van der Waals surface area (Å²) in [5.74, 6) is -1.16. The third-order valence-corrected chi connectivity index (χ3v) is 8.45. The van der Waals surface area contributed by atoms with Crippen molar-refractivity contribution in [3.05, 3.63) is 101 Å². The summed E-state index contributed by atoms with van der Waals surface area (Å²) in [6.45, 7) is 3.05. The van der Waals surface area contributed by atoms with Crippen molar-refractivity contribution in [2.75, 3.05) is 13.7 Å². The van der Waals surface area contributed by atoms with Crippen molar-refractivity contribution in [3.8, 4) is 5.75 Å². The van der Waals surface area contributed by atoms with Crippen LogP contribution in [0.25, 0.3) is 0 Å². The Balaban J connectivity index is 1.37. The maximum absolute atomic E-state index is 13.5. The zero-order valence-corrected chi connectivity index (χ0v) is 26.2. The van der Waals surface area contributed by atoms with Crippen LogP contribution in [-0.4, -0.2) is 58.9 Å². The molecule has 0 aromatic heterocycles. The monoisotopic (exact) mass is 632 g/mol. The van der Waals surface area contributed by atoms with Gasteiger partial charge in [-0.1, -0.05) is 78.5 Å². The van der Waals surface area contributed by atoms with Gasteiger partial charge in [-0.2, -0.15) is 0 Å². The average molecular weight is 633 g/mol. The number of ether oxygens (including phenoxy) is 3. The van der Waals surface area contributed by atoms with Crippen LogP contribution in [0.4, 0.5) is 4.79 Å². The van der Waals surface area contributed by atoms with Gasteiger partial charge in [0.15, 0.2) is 5.12 Å². The van der Waals surface area contributed by atoms with Crippen LogP contribution in [-0.2, 0) is 41.7 Å². The van der Waals surface area contributed by atoms with E-state index < -0.39 is 35.2 Å². The second-order valence-corrected chi connectivity index (χ2v) is 12.0. The van der Waals surface area contributed by atoms with E-state index in [2.05, 4.69) is 5.32 Å². The lowest BCUT2D eigenvalue weighted by molar-refractivity contribution is -0.152. The summed E-state index contributed by atoms with van der Waals surface area (Å²) in [5.41, 5.74) is 3.47. The second-order valence-electron chi connectivity index (χ2n) is 10.6. The van der Waals surface area contributed by atoms with Crippen molar-refractivity contribution < 1.29 is 38.2 Å². The van der Waals surface area contributed by atoms with Crippen molar-refractivity contribution in [3.63, 3.8) is 0 Å². The number of esters is 1. The zero-order valence-electron chi connectivity index (χ0n) is 25.4. The molecular weight excluding hydrogens is 596 g/mol. The number of benzene rings is 3. The van der Waals surface area contributed by atoms with Gasteiger partial charge in [0.05, 0.1) is 24.9 Å². The lowest BCUT2D eigenvalue weighted by Crippen LogP contribution is -2.48. The first-order valence-electron chi connectivity index (χ1n) is 14.5. The molecule has 10 nitrogen and oxygen atoms in total. The number of thioether (sulfide) groups is 1. The van der Waals surface area contributed by atoms with E-state index in [1.807, 2.05) is 61.5 Å². The standard InChI is InChI=1S/C34H36N2O8S/c1-22-9-7-8-12-27(22)28-17-18-29(33(40)42-3)36(28)31(38)20-35-32(39)30(45-23(2)37)19-24-13-15-26(16-14-24)44-34(41)43-21-25-10-5-4-6-11-25/h4-16,28-30H,17-21H2,1-3H3,(H,35,39)/t28?,29-,30?/m0/s1. The lowest BCUT2D eigenvalue weighted by Gasteiger charge is -2.30. The van der Waals surface area contributed by atoms with Gasteiger partial charge in [-0.15, -0.1) is 0 Å². The summed E-state index contributed by atoms with van der Waals surface area (Å²) >= 11 is 0.859. The highest BCUT2D eigenvalue weighted by Crippen LogP contribution is 2.38. The molecule has 11 heteroatoms. The Bertz CT molecular complexity index is 1510. The molecular formula is C34H36N2O8S. The van der Waals surface area contributed by atoms with Crippen LogP contribution in [0.15, 0.2) is 78.9 Å². The molecule has 1 saturated heterocycles. The van der Waals surface area contributed by atoms with Gasteiger partial charge >= 0.3 is 12.1 Å². The van der Waals surface area contributed by atoms with Crippen LogP contribution in [0.3, 0.4) is 0 Å². The van der Waals surface area contributed by atoms with E-state index in [4.69, 9.17) is 14.2 Å². The molecule has 0 spiro atoms. The molecule has 1 aliphatic heterocycles. The molecule has 0 radical (unpaired) electrons. The molecule has 2 amide bonds. The van der Waals surface area contributed by atoms with Crippen LogP contribution in [0, 0.1) is 6.92 Å². The number of amides is 2. The van der Waals surface area contributed by atoms with E-state index in [1.165, 1.54) is 18.9 Å². The molecule has 0 saturated carbocycles. The van der Waals surface area contributed by atoms with Gasteiger partial charge in [-0.3, -0.25) is 14.4 Å². The van der Waals surface area contributed by atoms with Gasteiger partial charge < -0.3 is 24.4 Å². The van der Waals surface area contributed by atoms with Crippen molar-refractivity contribution in [2.45, 2.75) is 57.1 Å². The Morgan fingerprint density at radius 3 is 2.27 bits per heavy atom. The Kier molecular flexibility index (Phi) is 11.7. The van der Waals surface area contributed by atoms with Crippen molar-refractivity contribution >= 4 is 40.8 Å². The third kappa shape index (κ3) is 9.18. The molecule has 1 aliphatic rings. The van der Waals surface area contributed by atoms with Crippen LogP contribution < -0.4 is 10.1 Å². The number of nitrogens with zero attached hydrogens (tertiary/aromatic N) is 1. The summed E-state index contributed by atoms with van der Waals surface area (Å²) in [6.07, 6.45) is 0.359. The Labute approximate surface area is 266 Å². The van der Waals surface area contributed by atoms with Gasteiger partial charge in [-0.05, 0) is 60.6 Å². The number of hydrogen-bond donors (Lipinski definition) is 1. The molecule has 3 atom stereocenters. The third-order valence-electron chi connectivity index (χ3n) is 7.45. The quantitative estimate of drug-likeness (QED) is 0.231. The highest BCUT2D eigenvalue weighted by atomic mass is 32.2. The topological polar surface area (TPSA) is 128 Å². The number of likely N-dealkylation sites (tertiary alicyclic amines) is 1. The van der Waals surface area contributed by atoms with E-state index in [9.17, 15) is 24.0 Å². The number of rotatable bonds is 11. The SMILES string of the molecule is COC(=O)[C@@H]1CCC(c2ccccc2C)N1C(=O)CNC(=O)C(Cc1ccc(OC(=O)OCc2ccccc2)cc1)SC(C)=O. The van der Waals surface area contributed by atoms with Crippen molar-refractivity contribution in [1.29, 1.82) is 0 Å². The van der Waals surface area contributed by atoms with E-state index in [-0.39, 0.29) is 36.5 Å². The van der Waals surface area contributed by atoms with E-state index in [1.54, 1.807) is 24.3 Å². The Hall–Kier alpha value is -4.64. The molecule has 3 aromatic rings. The molecule has 3 aromatic carbocycles. The minimum atomic E-state index is -0.849. The highest BCUT2D eigenvalue weighted by molar-refractivity contribution is 8.14. The maximum Gasteiger partial charge on any atom is 0.514 e. The summed E-state index contributed by atoms with van der Waals surface area (Å²) < 4.78 is 15.3. The molecule has 4 rings (SSSR count). The summed E-state index contributed by atoms with van der Waals surface area (Å²) in [7, 11) is 1.29. The minimum Gasteiger partial charge on any atom is -0.467 e. The molecule has 1 N–H and O–H groups in total. The highest BCUT2D eigenvalue weighted by Gasteiger charge is 2.42. The predicted molar refractivity (Wildman–Crippen MR) is 168 cm³/mol. The number of aryl methyl sites for hydroxylation is 1. The number of hydrogen-bond acceptors (Lipinski definition) is 9. The van der Waals surface area contributed by atoms with Gasteiger partial charge in [0.25, 0.3) is 0 Å². The second kappa shape index (κ2) is 15.9. The maximum atomic E-state index is 13.5. The number of methoxy groups -OCH3 is 1. The molecule has 2 unspecified atom stereocenters. The zero-order chi connectivity index (χ0) is 32.3. The first kappa shape index (κ1) is 33.3. The van der Waals surface area contributed by atoms with Crippen molar-refractivity contribution in [2.24, 2.45) is 0 Å². The fourth-order valence-electron chi connectivity index (χ4n) is 5.30. The first-order chi connectivity index (χ1) is 21.7. The molecule has 1 fully saturated rings. The van der Waals surface area contributed by atoms with Crippen LogP contribution >= 0.6 is 11.8 Å². The summed E-state index contributed by atoms with van der Waals surface area (Å²) in [4.78, 5) is 64.9. The van der Waals surface area contributed by atoms with E-state index in [0.29, 0.717) is 18.4 Å². The molecule has 1 heterocycles. The smallest absolute Gasteiger partial charge is 0.467 e. The van der Waals surface area contributed by atoms with E-state index in [0.717, 1.165) is 28.5 Å². The summed E-state index contributed by atoms with van der Waals surface area (Å²) in [6, 6.07) is 22.3. The van der Waals surface area contributed by atoms with Gasteiger partial charge in [-0.25, -0.2) is 9.59 Å². The molecule has 0 bridgehead atoms. The van der Waals surface area contributed by atoms with Gasteiger partial charge in [0.1, 0.15) is 18.4 Å². The van der Waals surface area contributed by atoms with Gasteiger partial charge in [0, 0.05) is 6.92 Å². The fraction of sp³-hybridized carbons (Fsp3) is 0.324. The minimum absolute atomic E-state index is 0.0764. The summed E-state index contributed by atoms with van der Waals surface area (Å²) in [5, 5.41) is 1.60. The van der Waals surface area contributed by atoms with E-state index >= 15 is 0 Å². The Morgan fingerprint density at radius 1 is 0.911 bits per heavy atom. The first-order valence-corrected chi connectivity index (χ1v) is 15.4. The molecule has 0 aliphatic carbocycles. The number of carbonyl (C=O) groups excluding carboxylic acids is 5. The van der Waals surface area contributed by atoms with Crippen LogP contribution in [0.5, 0.6) is 5.75 Å². The fourth-order valence-corrected chi connectivity index (χ4v) is 6.16. The molecule has 236 valence electrons. The van der Waals surface area contributed by atoms with Crippen molar-refractivity contribution in [1.82, 2.24) is 10.2 Å². The average Bonchev–Trinajstić information content (AvgIpc) is 3.48.